The van der Waals surface area contributed by atoms with Crippen molar-refractivity contribution in [2.75, 3.05) is 13.3 Å². The van der Waals surface area contributed by atoms with Crippen molar-refractivity contribution in [3.05, 3.63) is 57.6 Å². The fourth-order valence-corrected chi connectivity index (χ4v) is 3.28. The monoisotopic (exact) mass is 367 g/mol. The summed E-state index contributed by atoms with van der Waals surface area (Å²) in [6.07, 6.45) is -0.458. The molecule has 1 heterocycles. The third-order valence-electron chi connectivity index (χ3n) is 3.81. The third-order valence-corrected chi connectivity index (χ3v) is 4.52. The minimum Gasteiger partial charge on any atom is -0.454 e. The first-order valence-electron chi connectivity index (χ1n) is 7.75. The number of hydrogen-bond acceptors (Lipinski definition) is 4. The van der Waals surface area contributed by atoms with Crippen molar-refractivity contribution in [1.82, 2.24) is 4.90 Å². The van der Waals surface area contributed by atoms with Gasteiger partial charge in [0.05, 0.1) is 6.10 Å². The van der Waals surface area contributed by atoms with E-state index in [0.29, 0.717) is 29.7 Å². The quantitative estimate of drug-likeness (QED) is 0.834. The van der Waals surface area contributed by atoms with Crippen LogP contribution in [-0.2, 0) is 13.1 Å². The van der Waals surface area contributed by atoms with Crippen molar-refractivity contribution in [2.24, 2.45) is 0 Å². The van der Waals surface area contributed by atoms with Crippen molar-refractivity contribution in [3.8, 4) is 11.5 Å². The van der Waals surface area contributed by atoms with Gasteiger partial charge < -0.3 is 14.6 Å². The van der Waals surface area contributed by atoms with Gasteiger partial charge >= 0.3 is 0 Å². The molecular weight excluding hydrogens is 349 g/mol. The van der Waals surface area contributed by atoms with E-state index in [1.54, 1.807) is 6.92 Å². The molecule has 4 nitrogen and oxygen atoms in total. The van der Waals surface area contributed by atoms with E-state index in [1.165, 1.54) is 0 Å². The van der Waals surface area contributed by atoms with E-state index in [1.807, 2.05) is 36.4 Å². The highest BCUT2D eigenvalue weighted by molar-refractivity contribution is 6.35. The molecule has 0 aromatic heterocycles. The number of benzene rings is 2. The summed E-state index contributed by atoms with van der Waals surface area (Å²) >= 11 is 12.6. The maximum absolute atomic E-state index is 9.82. The van der Waals surface area contributed by atoms with Crippen LogP contribution in [0.3, 0.4) is 0 Å². The smallest absolute Gasteiger partial charge is 0.231 e. The van der Waals surface area contributed by atoms with Crippen LogP contribution in [0.1, 0.15) is 18.1 Å². The lowest BCUT2D eigenvalue weighted by Gasteiger charge is -2.25. The Morgan fingerprint density at radius 1 is 1.08 bits per heavy atom. The van der Waals surface area contributed by atoms with Gasteiger partial charge in [-0.05, 0) is 36.8 Å². The van der Waals surface area contributed by atoms with Gasteiger partial charge in [-0.25, -0.2) is 0 Å². The highest BCUT2D eigenvalue weighted by Gasteiger charge is 2.17. The maximum Gasteiger partial charge on any atom is 0.231 e. The molecule has 2 aromatic carbocycles. The topological polar surface area (TPSA) is 41.9 Å². The second kappa shape index (κ2) is 7.62. The van der Waals surface area contributed by atoms with Crippen molar-refractivity contribution < 1.29 is 14.6 Å². The summed E-state index contributed by atoms with van der Waals surface area (Å²) in [4.78, 5) is 2.11. The van der Waals surface area contributed by atoms with E-state index in [0.717, 1.165) is 22.6 Å². The number of nitrogens with zero attached hydrogens (tertiary/aromatic N) is 1. The molecule has 0 saturated heterocycles. The molecule has 2 aromatic rings. The predicted octanol–water partition coefficient (Wildman–Crippen LogP) is 4.11. The minimum absolute atomic E-state index is 0.255. The molecule has 1 N–H and O–H groups in total. The van der Waals surface area contributed by atoms with Gasteiger partial charge in [0, 0.05) is 35.2 Å². The Morgan fingerprint density at radius 2 is 1.79 bits per heavy atom. The van der Waals surface area contributed by atoms with Gasteiger partial charge in [-0.2, -0.15) is 0 Å². The van der Waals surface area contributed by atoms with Gasteiger partial charge in [0.2, 0.25) is 6.79 Å². The van der Waals surface area contributed by atoms with Crippen molar-refractivity contribution >= 4 is 23.2 Å². The normalized spacial score (nSPS) is 14.2. The molecule has 1 unspecified atom stereocenters. The Kier molecular flexibility index (Phi) is 5.51. The highest BCUT2D eigenvalue weighted by Crippen LogP contribution is 2.33. The zero-order valence-electron chi connectivity index (χ0n) is 13.3. The molecule has 1 aliphatic heterocycles. The fraction of sp³-hybridized carbons (Fsp3) is 0.333. The number of aliphatic hydroxyl groups is 1. The standard InChI is InChI=1S/C18H19Cl2NO3/c1-12(22)8-21(10-14-15(19)3-2-4-16(14)20)9-13-5-6-17-18(7-13)24-11-23-17/h2-7,12,22H,8-11H2,1H3. The SMILES string of the molecule is CC(O)CN(Cc1ccc2c(c1)OCO2)Cc1c(Cl)cccc1Cl. The van der Waals surface area contributed by atoms with Crippen molar-refractivity contribution in [2.45, 2.75) is 26.1 Å². The van der Waals surface area contributed by atoms with Crippen molar-refractivity contribution in [3.63, 3.8) is 0 Å². The molecule has 0 spiro atoms. The van der Waals surface area contributed by atoms with Gasteiger partial charge in [0.15, 0.2) is 11.5 Å². The molecule has 1 aliphatic rings. The lowest BCUT2D eigenvalue weighted by molar-refractivity contribution is 0.118. The Bertz CT molecular complexity index is 701. The number of halogens is 2. The summed E-state index contributed by atoms with van der Waals surface area (Å²) in [5.74, 6) is 1.51. The van der Waals surface area contributed by atoms with Crippen LogP contribution in [0, 0.1) is 0 Å². The van der Waals surface area contributed by atoms with E-state index >= 15 is 0 Å². The van der Waals surface area contributed by atoms with E-state index in [4.69, 9.17) is 32.7 Å². The summed E-state index contributed by atoms with van der Waals surface area (Å²) in [7, 11) is 0. The number of aliphatic hydroxyl groups excluding tert-OH is 1. The summed E-state index contributed by atoms with van der Waals surface area (Å²) in [6.45, 7) is 3.73. The van der Waals surface area contributed by atoms with Gasteiger partial charge in [-0.3, -0.25) is 4.90 Å². The molecule has 0 aliphatic carbocycles. The molecule has 0 saturated carbocycles. The van der Waals surface area contributed by atoms with Gasteiger partial charge in [0.1, 0.15) is 0 Å². The largest absolute Gasteiger partial charge is 0.454 e. The van der Waals surface area contributed by atoms with Crippen LogP contribution in [0.5, 0.6) is 11.5 Å². The molecule has 1 atom stereocenters. The van der Waals surface area contributed by atoms with E-state index < -0.39 is 6.10 Å². The number of ether oxygens (including phenoxy) is 2. The zero-order chi connectivity index (χ0) is 17.1. The molecule has 128 valence electrons. The molecular formula is C18H19Cl2NO3. The Balaban J connectivity index is 1.79. The van der Waals surface area contributed by atoms with Gasteiger partial charge in [-0.15, -0.1) is 0 Å². The molecule has 0 fully saturated rings. The van der Waals surface area contributed by atoms with Crippen LogP contribution in [0.2, 0.25) is 10.0 Å². The first kappa shape index (κ1) is 17.4. The van der Waals surface area contributed by atoms with Gasteiger partial charge in [-0.1, -0.05) is 35.3 Å². The van der Waals surface area contributed by atoms with Crippen molar-refractivity contribution in [1.29, 1.82) is 0 Å². The molecule has 6 heteroatoms. The zero-order valence-corrected chi connectivity index (χ0v) is 14.8. The second-order valence-corrected chi connectivity index (χ2v) is 6.72. The molecule has 3 rings (SSSR count). The fourth-order valence-electron chi connectivity index (χ4n) is 2.76. The molecule has 24 heavy (non-hydrogen) atoms. The summed E-state index contributed by atoms with van der Waals surface area (Å²) in [5.41, 5.74) is 1.94. The molecule has 0 radical (unpaired) electrons. The highest BCUT2D eigenvalue weighted by atomic mass is 35.5. The van der Waals surface area contributed by atoms with Crippen LogP contribution in [0.15, 0.2) is 36.4 Å². The number of fused-ring (bicyclic) bond motifs is 1. The summed E-state index contributed by atoms with van der Waals surface area (Å²) < 4.78 is 10.8. The summed E-state index contributed by atoms with van der Waals surface area (Å²) in [6, 6.07) is 11.3. The van der Waals surface area contributed by atoms with E-state index in [2.05, 4.69) is 4.90 Å². The average molecular weight is 368 g/mol. The van der Waals surface area contributed by atoms with E-state index in [-0.39, 0.29) is 6.79 Å². The summed E-state index contributed by atoms with van der Waals surface area (Å²) in [5, 5.41) is 11.1. The third kappa shape index (κ3) is 4.14. The van der Waals surface area contributed by atoms with Crippen LogP contribution >= 0.6 is 23.2 Å². The number of hydrogen-bond donors (Lipinski definition) is 1. The van der Waals surface area contributed by atoms with Crippen LogP contribution < -0.4 is 9.47 Å². The molecule has 0 amide bonds. The maximum atomic E-state index is 9.82. The van der Waals surface area contributed by atoms with E-state index in [9.17, 15) is 5.11 Å². The number of rotatable bonds is 6. The second-order valence-electron chi connectivity index (χ2n) is 5.91. The van der Waals surface area contributed by atoms with Crippen LogP contribution in [0.25, 0.3) is 0 Å². The van der Waals surface area contributed by atoms with Gasteiger partial charge in [0.25, 0.3) is 0 Å². The Labute approximate surface area is 151 Å². The lowest BCUT2D eigenvalue weighted by Crippen LogP contribution is -2.30. The van der Waals surface area contributed by atoms with Crippen LogP contribution in [0.4, 0.5) is 0 Å². The predicted molar refractivity (Wildman–Crippen MR) is 94.8 cm³/mol. The van der Waals surface area contributed by atoms with Crippen LogP contribution in [-0.4, -0.2) is 29.4 Å². The Morgan fingerprint density at radius 3 is 2.50 bits per heavy atom. The first-order valence-corrected chi connectivity index (χ1v) is 8.50. The molecule has 0 bridgehead atoms. The Hall–Kier alpha value is -1.46. The minimum atomic E-state index is -0.458. The average Bonchev–Trinajstić information content (AvgIpc) is 2.98. The first-order chi connectivity index (χ1) is 11.5. The lowest BCUT2D eigenvalue weighted by atomic mass is 10.1.